The summed E-state index contributed by atoms with van der Waals surface area (Å²) in [5.41, 5.74) is 1.59. The van der Waals surface area contributed by atoms with E-state index in [1.54, 1.807) is 20.0 Å². The van der Waals surface area contributed by atoms with Crippen LogP contribution in [0.1, 0.15) is 35.0 Å². The third-order valence-corrected chi connectivity index (χ3v) is 4.02. The lowest BCUT2D eigenvalue weighted by atomic mass is 10.1. The highest BCUT2D eigenvalue weighted by atomic mass is 16.5. The number of carbonyl (C=O) groups excluding carboxylic acids is 1. The summed E-state index contributed by atoms with van der Waals surface area (Å²) in [5, 5.41) is 3.00. The van der Waals surface area contributed by atoms with Crippen LogP contribution in [0.2, 0.25) is 0 Å². The third kappa shape index (κ3) is 3.20. The first-order valence-corrected chi connectivity index (χ1v) is 8.42. The Morgan fingerprint density at radius 1 is 1.35 bits per heavy atom. The molecule has 0 unspecified atom stereocenters. The molecular weight excluding hydrogens is 334 g/mol. The molecule has 2 aromatic heterocycles. The number of carbonyl (C=O) groups is 1. The number of aryl methyl sites for hydroxylation is 3. The minimum absolute atomic E-state index is 0.155. The van der Waals surface area contributed by atoms with E-state index in [1.165, 1.54) is 10.9 Å². The van der Waals surface area contributed by atoms with Crippen LogP contribution in [0.3, 0.4) is 0 Å². The molecule has 0 saturated heterocycles. The van der Waals surface area contributed by atoms with E-state index in [2.05, 4.69) is 10.3 Å². The van der Waals surface area contributed by atoms with Gasteiger partial charge in [0.2, 0.25) is 5.71 Å². The topological polar surface area (TPSA) is 86.4 Å². The lowest BCUT2D eigenvalue weighted by Crippen LogP contribution is -2.20. The minimum Gasteiger partial charge on any atom is -0.491 e. The highest BCUT2D eigenvalue weighted by Crippen LogP contribution is 2.28. The molecule has 2 heterocycles. The van der Waals surface area contributed by atoms with Gasteiger partial charge in [-0.25, -0.2) is 4.98 Å². The SMILES string of the molecule is CCCOc1cc(C)ccc1NC(=O)c1c(C)oc2ncn(C)c(=O)c12. The fraction of sp³-hybridized carbons (Fsp3) is 0.316. The molecular formula is C19H21N3O4. The van der Waals surface area contributed by atoms with Crippen LogP contribution in [0.5, 0.6) is 5.75 Å². The van der Waals surface area contributed by atoms with Crippen molar-refractivity contribution in [3.05, 3.63) is 51.8 Å². The van der Waals surface area contributed by atoms with Gasteiger partial charge in [-0.3, -0.25) is 9.59 Å². The quantitative estimate of drug-likeness (QED) is 0.759. The zero-order chi connectivity index (χ0) is 18.8. The van der Waals surface area contributed by atoms with Crippen molar-refractivity contribution >= 4 is 22.7 Å². The van der Waals surface area contributed by atoms with Crippen LogP contribution in [0.4, 0.5) is 5.69 Å². The zero-order valence-electron chi connectivity index (χ0n) is 15.3. The maximum atomic E-state index is 12.9. The number of nitrogens with one attached hydrogen (secondary N) is 1. The van der Waals surface area contributed by atoms with E-state index in [4.69, 9.17) is 9.15 Å². The van der Waals surface area contributed by atoms with Gasteiger partial charge in [-0.1, -0.05) is 13.0 Å². The van der Waals surface area contributed by atoms with Crippen molar-refractivity contribution in [2.24, 2.45) is 7.05 Å². The average Bonchev–Trinajstić information content (AvgIpc) is 2.95. The molecule has 7 nitrogen and oxygen atoms in total. The van der Waals surface area contributed by atoms with E-state index >= 15 is 0 Å². The number of hydrogen-bond donors (Lipinski definition) is 1. The summed E-state index contributed by atoms with van der Waals surface area (Å²) in [5.74, 6) is 0.504. The molecule has 1 N–H and O–H groups in total. The van der Waals surface area contributed by atoms with Gasteiger partial charge in [0.25, 0.3) is 11.5 Å². The number of furan rings is 1. The van der Waals surface area contributed by atoms with Gasteiger partial charge in [-0.2, -0.15) is 0 Å². The van der Waals surface area contributed by atoms with Crippen molar-refractivity contribution in [1.82, 2.24) is 9.55 Å². The number of aromatic nitrogens is 2. The first-order valence-electron chi connectivity index (χ1n) is 8.42. The van der Waals surface area contributed by atoms with Crippen LogP contribution in [-0.4, -0.2) is 22.1 Å². The molecule has 1 amide bonds. The van der Waals surface area contributed by atoms with E-state index < -0.39 is 5.91 Å². The number of ether oxygens (including phenoxy) is 1. The standard InChI is InChI=1S/C19H21N3O4/c1-5-8-25-14-9-11(2)6-7-13(14)21-17(23)15-12(3)26-18-16(15)19(24)22(4)10-20-18/h6-7,9-10H,5,8H2,1-4H3,(H,21,23). The number of nitrogens with zero attached hydrogens (tertiary/aromatic N) is 2. The fourth-order valence-corrected chi connectivity index (χ4v) is 2.71. The molecule has 0 saturated carbocycles. The second kappa shape index (κ2) is 7.03. The summed E-state index contributed by atoms with van der Waals surface area (Å²) in [6, 6.07) is 5.54. The van der Waals surface area contributed by atoms with Gasteiger partial charge in [-0.15, -0.1) is 0 Å². The Kier molecular flexibility index (Phi) is 4.79. The first kappa shape index (κ1) is 17.7. The highest BCUT2D eigenvalue weighted by Gasteiger charge is 2.23. The van der Waals surface area contributed by atoms with Crippen molar-refractivity contribution in [1.29, 1.82) is 0 Å². The molecule has 0 aliphatic carbocycles. The van der Waals surface area contributed by atoms with E-state index in [0.717, 1.165) is 12.0 Å². The van der Waals surface area contributed by atoms with Crippen LogP contribution in [-0.2, 0) is 7.05 Å². The van der Waals surface area contributed by atoms with E-state index in [9.17, 15) is 9.59 Å². The van der Waals surface area contributed by atoms with Gasteiger partial charge in [0, 0.05) is 7.05 Å². The number of anilines is 1. The summed E-state index contributed by atoms with van der Waals surface area (Å²) in [6.45, 7) is 6.15. The lowest BCUT2D eigenvalue weighted by Gasteiger charge is -2.13. The molecule has 136 valence electrons. The second-order valence-corrected chi connectivity index (χ2v) is 6.18. The molecule has 0 atom stereocenters. The summed E-state index contributed by atoms with van der Waals surface area (Å²) in [7, 11) is 1.58. The highest BCUT2D eigenvalue weighted by molar-refractivity contribution is 6.13. The molecule has 1 aromatic carbocycles. The zero-order valence-corrected chi connectivity index (χ0v) is 15.3. The number of fused-ring (bicyclic) bond motifs is 1. The minimum atomic E-state index is -0.434. The van der Waals surface area contributed by atoms with E-state index in [-0.39, 0.29) is 22.2 Å². The largest absolute Gasteiger partial charge is 0.491 e. The van der Waals surface area contributed by atoms with Gasteiger partial charge >= 0.3 is 0 Å². The van der Waals surface area contributed by atoms with Crippen molar-refractivity contribution in [2.75, 3.05) is 11.9 Å². The summed E-state index contributed by atoms with van der Waals surface area (Å²) >= 11 is 0. The van der Waals surface area contributed by atoms with Gasteiger partial charge in [0.1, 0.15) is 23.2 Å². The predicted molar refractivity (Wildman–Crippen MR) is 98.9 cm³/mol. The molecule has 0 aliphatic heterocycles. The Labute approximate surface area is 150 Å². The molecule has 3 aromatic rings. The van der Waals surface area contributed by atoms with Gasteiger partial charge in [0.15, 0.2) is 0 Å². The van der Waals surface area contributed by atoms with Crippen LogP contribution in [0.25, 0.3) is 11.1 Å². The van der Waals surface area contributed by atoms with Gasteiger partial charge < -0.3 is 19.0 Å². The van der Waals surface area contributed by atoms with E-state index in [0.29, 0.717) is 23.8 Å². The van der Waals surface area contributed by atoms with Crippen LogP contribution in [0.15, 0.2) is 33.7 Å². The van der Waals surface area contributed by atoms with Gasteiger partial charge in [0.05, 0.1) is 17.9 Å². The number of amides is 1. The molecule has 0 spiro atoms. The molecule has 0 fully saturated rings. The number of hydrogen-bond acceptors (Lipinski definition) is 5. The van der Waals surface area contributed by atoms with Crippen LogP contribution < -0.4 is 15.6 Å². The Morgan fingerprint density at radius 3 is 2.85 bits per heavy atom. The Balaban J connectivity index is 2.02. The average molecular weight is 355 g/mol. The molecule has 26 heavy (non-hydrogen) atoms. The number of benzene rings is 1. The third-order valence-electron chi connectivity index (χ3n) is 4.02. The smallest absolute Gasteiger partial charge is 0.265 e. The van der Waals surface area contributed by atoms with Crippen LogP contribution >= 0.6 is 0 Å². The Morgan fingerprint density at radius 2 is 2.12 bits per heavy atom. The Hall–Kier alpha value is -3.09. The normalized spacial score (nSPS) is 10.9. The summed E-state index contributed by atoms with van der Waals surface area (Å²) in [6.07, 6.45) is 2.22. The molecule has 0 bridgehead atoms. The molecule has 3 rings (SSSR count). The molecule has 0 radical (unpaired) electrons. The van der Waals surface area contributed by atoms with Crippen molar-refractivity contribution in [2.45, 2.75) is 27.2 Å². The molecule has 7 heteroatoms. The predicted octanol–water partition coefficient (Wildman–Crippen LogP) is 3.18. The fourth-order valence-electron chi connectivity index (χ4n) is 2.71. The van der Waals surface area contributed by atoms with Crippen molar-refractivity contribution in [3.8, 4) is 5.75 Å². The van der Waals surface area contributed by atoms with Crippen molar-refractivity contribution < 1.29 is 13.9 Å². The van der Waals surface area contributed by atoms with Crippen molar-refractivity contribution in [3.63, 3.8) is 0 Å². The lowest BCUT2D eigenvalue weighted by molar-refractivity contribution is 0.102. The van der Waals surface area contributed by atoms with Crippen LogP contribution in [0, 0.1) is 13.8 Å². The monoisotopic (exact) mass is 355 g/mol. The second-order valence-electron chi connectivity index (χ2n) is 6.18. The van der Waals surface area contributed by atoms with E-state index in [1.807, 2.05) is 26.0 Å². The molecule has 0 aliphatic rings. The maximum absolute atomic E-state index is 12.9. The number of rotatable bonds is 5. The van der Waals surface area contributed by atoms with Gasteiger partial charge in [-0.05, 0) is 38.0 Å². The summed E-state index contributed by atoms with van der Waals surface area (Å²) in [4.78, 5) is 29.4. The Bertz CT molecular complexity index is 1030. The first-order chi connectivity index (χ1) is 12.4. The maximum Gasteiger partial charge on any atom is 0.265 e. The summed E-state index contributed by atoms with van der Waals surface area (Å²) < 4.78 is 12.5.